The number of rotatable bonds is 6. The van der Waals surface area contributed by atoms with Gasteiger partial charge in [-0.15, -0.1) is 0 Å². The van der Waals surface area contributed by atoms with Gasteiger partial charge in [0.25, 0.3) is 0 Å². The number of hydrogen-bond acceptors (Lipinski definition) is 3. The van der Waals surface area contributed by atoms with Crippen LogP contribution in [0.2, 0.25) is 0 Å². The van der Waals surface area contributed by atoms with Crippen molar-refractivity contribution in [3.05, 3.63) is 29.8 Å². The van der Waals surface area contributed by atoms with Crippen LogP contribution < -0.4 is 11.1 Å². The number of nitrogens with one attached hydrogen (secondary N) is 1. The lowest BCUT2D eigenvalue weighted by Gasteiger charge is -2.12. The van der Waals surface area contributed by atoms with Gasteiger partial charge in [0.05, 0.1) is 6.04 Å². The first-order chi connectivity index (χ1) is 8.65. The second-order valence-electron chi connectivity index (χ2n) is 5.00. The topological polar surface area (TPSA) is 75.3 Å². The van der Waals surface area contributed by atoms with Gasteiger partial charge in [-0.25, -0.2) is 0 Å². The van der Waals surface area contributed by atoms with E-state index in [0.717, 1.165) is 24.4 Å². The fourth-order valence-corrected chi connectivity index (χ4v) is 1.92. The number of aromatic hydroxyl groups is 1. The summed E-state index contributed by atoms with van der Waals surface area (Å²) in [5, 5.41) is 12.0. The van der Waals surface area contributed by atoms with Crippen molar-refractivity contribution in [2.75, 3.05) is 6.54 Å². The second-order valence-corrected chi connectivity index (χ2v) is 5.00. The van der Waals surface area contributed by atoms with E-state index in [0.29, 0.717) is 6.42 Å². The summed E-state index contributed by atoms with van der Waals surface area (Å²) in [5.41, 5.74) is 6.80. The minimum Gasteiger partial charge on any atom is -0.508 e. The molecular formula is C14H20N2O2. The van der Waals surface area contributed by atoms with Crippen molar-refractivity contribution in [1.82, 2.24) is 5.32 Å². The van der Waals surface area contributed by atoms with Crippen molar-refractivity contribution in [1.29, 1.82) is 0 Å². The van der Waals surface area contributed by atoms with Crippen molar-refractivity contribution in [3.63, 3.8) is 0 Å². The molecule has 0 saturated heterocycles. The average Bonchev–Trinajstić information content (AvgIpc) is 3.16. The van der Waals surface area contributed by atoms with Crippen molar-refractivity contribution in [3.8, 4) is 5.75 Å². The molecule has 4 nitrogen and oxygen atoms in total. The molecule has 4 N–H and O–H groups in total. The molecule has 1 unspecified atom stereocenters. The van der Waals surface area contributed by atoms with Crippen LogP contribution in [-0.4, -0.2) is 23.6 Å². The van der Waals surface area contributed by atoms with Crippen molar-refractivity contribution in [2.24, 2.45) is 11.7 Å². The number of phenolic OH excluding ortho intramolecular Hbond substituents is 1. The molecule has 1 aliphatic carbocycles. The van der Waals surface area contributed by atoms with Crippen molar-refractivity contribution in [2.45, 2.75) is 31.7 Å². The van der Waals surface area contributed by atoms with E-state index in [1.165, 1.54) is 12.8 Å². The van der Waals surface area contributed by atoms with Crippen LogP contribution in [0.25, 0.3) is 0 Å². The van der Waals surface area contributed by atoms with E-state index < -0.39 is 6.04 Å². The molecule has 18 heavy (non-hydrogen) atoms. The van der Waals surface area contributed by atoms with Crippen LogP contribution in [-0.2, 0) is 11.2 Å². The molecule has 1 atom stereocenters. The largest absolute Gasteiger partial charge is 0.508 e. The Morgan fingerprint density at radius 3 is 2.67 bits per heavy atom. The molecule has 1 aromatic carbocycles. The molecule has 1 fully saturated rings. The monoisotopic (exact) mass is 248 g/mol. The van der Waals surface area contributed by atoms with Gasteiger partial charge in [-0.1, -0.05) is 25.0 Å². The maximum atomic E-state index is 11.7. The fraction of sp³-hybridized carbons (Fsp3) is 0.500. The third-order valence-corrected chi connectivity index (χ3v) is 3.28. The van der Waals surface area contributed by atoms with Crippen molar-refractivity contribution >= 4 is 5.91 Å². The summed E-state index contributed by atoms with van der Waals surface area (Å²) in [6, 6.07) is 6.26. The van der Waals surface area contributed by atoms with Gasteiger partial charge in [-0.2, -0.15) is 0 Å². The van der Waals surface area contributed by atoms with Crippen molar-refractivity contribution < 1.29 is 9.90 Å². The summed E-state index contributed by atoms with van der Waals surface area (Å²) in [7, 11) is 0. The lowest BCUT2D eigenvalue weighted by atomic mass is 10.1. The normalized spacial score (nSPS) is 16.3. The van der Waals surface area contributed by atoms with Crippen LogP contribution in [0.5, 0.6) is 5.75 Å². The number of nitrogens with two attached hydrogens (primary N) is 1. The van der Waals surface area contributed by atoms with E-state index in [1.54, 1.807) is 24.3 Å². The van der Waals surface area contributed by atoms with E-state index in [4.69, 9.17) is 10.8 Å². The van der Waals surface area contributed by atoms with Crippen LogP contribution in [0.3, 0.4) is 0 Å². The minimum absolute atomic E-state index is 0.0938. The Morgan fingerprint density at radius 2 is 2.06 bits per heavy atom. The average molecular weight is 248 g/mol. The van der Waals surface area contributed by atoms with Gasteiger partial charge in [0.1, 0.15) is 5.75 Å². The highest BCUT2D eigenvalue weighted by Crippen LogP contribution is 2.31. The molecule has 98 valence electrons. The lowest BCUT2D eigenvalue weighted by Crippen LogP contribution is -2.42. The molecule has 1 amide bonds. The molecular weight excluding hydrogens is 228 g/mol. The standard InChI is InChI=1S/C14H20N2O2/c15-13(9-11-3-5-12(17)6-4-11)14(18)16-8-7-10-1-2-10/h3-6,10,13,17H,1-2,7-9,15H2,(H,16,18). The molecule has 0 bridgehead atoms. The molecule has 2 rings (SSSR count). The number of benzene rings is 1. The second kappa shape index (κ2) is 5.87. The first-order valence-corrected chi connectivity index (χ1v) is 6.46. The first-order valence-electron chi connectivity index (χ1n) is 6.46. The van der Waals surface area contributed by atoms with E-state index in [9.17, 15) is 4.79 Å². The SMILES string of the molecule is NC(Cc1ccc(O)cc1)C(=O)NCCC1CC1. The fourth-order valence-electron chi connectivity index (χ4n) is 1.92. The number of phenols is 1. The number of amides is 1. The summed E-state index contributed by atoms with van der Waals surface area (Å²) < 4.78 is 0. The Kier molecular flexibility index (Phi) is 4.20. The molecule has 4 heteroatoms. The third kappa shape index (κ3) is 4.04. The molecule has 0 aliphatic heterocycles. The summed E-state index contributed by atoms with van der Waals surface area (Å²) in [5.74, 6) is 0.948. The summed E-state index contributed by atoms with van der Waals surface area (Å²) >= 11 is 0. The Balaban J connectivity index is 1.73. The third-order valence-electron chi connectivity index (χ3n) is 3.28. The zero-order valence-corrected chi connectivity index (χ0v) is 10.4. The van der Waals surface area contributed by atoms with Gasteiger partial charge < -0.3 is 16.2 Å². The molecule has 0 spiro atoms. The molecule has 1 aliphatic rings. The van der Waals surface area contributed by atoms with Crippen LogP contribution in [0.1, 0.15) is 24.8 Å². The first kappa shape index (κ1) is 12.9. The van der Waals surface area contributed by atoms with Crippen LogP contribution >= 0.6 is 0 Å². The number of hydrogen-bond donors (Lipinski definition) is 3. The summed E-state index contributed by atoms with van der Waals surface area (Å²) in [6.45, 7) is 0.729. The number of carbonyl (C=O) groups excluding carboxylic acids is 1. The van der Waals surface area contributed by atoms with Gasteiger partial charge in [-0.05, 0) is 36.5 Å². The zero-order valence-electron chi connectivity index (χ0n) is 10.4. The highest BCUT2D eigenvalue weighted by Gasteiger charge is 2.21. The van der Waals surface area contributed by atoms with E-state index in [-0.39, 0.29) is 11.7 Å². The Hall–Kier alpha value is -1.55. The van der Waals surface area contributed by atoms with Gasteiger partial charge in [0.2, 0.25) is 5.91 Å². The predicted octanol–water partition coefficient (Wildman–Crippen LogP) is 1.18. The molecule has 1 aromatic rings. The van der Waals surface area contributed by atoms with Crippen LogP contribution in [0.4, 0.5) is 0 Å². The van der Waals surface area contributed by atoms with Gasteiger partial charge in [0.15, 0.2) is 0 Å². The van der Waals surface area contributed by atoms with Crippen LogP contribution in [0.15, 0.2) is 24.3 Å². The van der Waals surface area contributed by atoms with E-state index >= 15 is 0 Å². The predicted molar refractivity (Wildman–Crippen MR) is 70.1 cm³/mol. The zero-order chi connectivity index (χ0) is 13.0. The van der Waals surface area contributed by atoms with Gasteiger partial charge >= 0.3 is 0 Å². The summed E-state index contributed by atoms with van der Waals surface area (Å²) in [6.07, 6.45) is 4.16. The van der Waals surface area contributed by atoms with Crippen LogP contribution in [0, 0.1) is 5.92 Å². The molecule has 0 radical (unpaired) electrons. The van der Waals surface area contributed by atoms with E-state index in [1.807, 2.05) is 0 Å². The number of carbonyl (C=O) groups is 1. The maximum Gasteiger partial charge on any atom is 0.237 e. The quantitative estimate of drug-likeness (QED) is 0.707. The highest BCUT2D eigenvalue weighted by molar-refractivity contribution is 5.81. The van der Waals surface area contributed by atoms with E-state index in [2.05, 4.69) is 5.32 Å². The minimum atomic E-state index is -0.520. The Morgan fingerprint density at radius 1 is 1.39 bits per heavy atom. The smallest absolute Gasteiger partial charge is 0.237 e. The maximum absolute atomic E-state index is 11.7. The molecule has 1 saturated carbocycles. The highest BCUT2D eigenvalue weighted by atomic mass is 16.3. The Labute approximate surface area is 107 Å². The van der Waals surface area contributed by atoms with Gasteiger partial charge in [-0.3, -0.25) is 4.79 Å². The van der Waals surface area contributed by atoms with Gasteiger partial charge in [0, 0.05) is 6.54 Å². The molecule has 0 aromatic heterocycles. The lowest BCUT2D eigenvalue weighted by molar-refractivity contribution is -0.122. The molecule has 0 heterocycles. The Bertz CT molecular complexity index is 399. The summed E-state index contributed by atoms with van der Waals surface area (Å²) in [4.78, 5) is 11.7.